The number of hydrogen-bond donors (Lipinski definition) is 2. The van der Waals surface area contributed by atoms with Crippen LogP contribution in [0, 0.1) is 11.3 Å². The van der Waals surface area contributed by atoms with E-state index in [9.17, 15) is 15.0 Å². The number of benzene rings is 2. The number of halogens is 1. The molecule has 2 aromatic rings. The summed E-state index contributed by atoms with van der Waals surface area (Å²) in [4.78, 5) is 11.4. The van der Waals surface area contributed by atoms with Crippen molar-refractivity contribution in [3.8, 4) is 5.75 Å². The van der Waals surface area contributed by atoms with Crippen LogP contribution < -0.4 is 4.74 Å². The molecule has 0 aromatic heterocycles. The van der Waals surface area contributed by atoms with E-state index in [0.717, 1.165) is 42.4 Å². The van der Waals surface area contributed by atoms with Crippen molar-refractivity contribution in [3.63, 3.8) is 0 Å². The van der Waals surface area contributed by atoms with Crippen LogP contribution in [0.25, 0.3) is 0 Å². The molecule has 2 aliphatic rings. The van der Waals surface area contributed by atoms with Gasteiger partial charge in [-0.2, -0.15) is 0 Å². The number of hydrogen-bond acceptors (Lipinski definition) is 5. The molecule has 5 nitrogen and oxygen atoms in total. The van der Waals surface area contributed by atoms with Gasteiger partial charge in [-0.25, -0.2) is 4.79 Å². The first-order chi connectivity index (χ1) is 16.9. The van der Waals surface area contributed by atoms with E-state index in [1.165, 1.54) is 13.5 Å². The molecule has 6 heteroatoms. The van der Waals surface area contributed by atoms with E-state index in [1.54, 1.807) is 0 Å². The molecule has 2 fully saturated rings. The van der Waals surface area contributed by atoms with E-state index in [4.69, 9.17) is 16.3 Å². The predicted molar refractivity (Wildman–Crippen MR) is 137 cm³/mol. The number of esters is 1. The Morgan fingerprint density at radius 3 is 2.66 bits per heavy atom. The lowest BCUT2D eigenvalue weighted by Gasteiger charge is -2.46. The van der Waals surface area contributed by atoms with Crippen molar-refractivity contribution in [1.82, 2.24) is 0 Å². The van der Waals surface area contributed by atoms with Gasteiger partial charge in [0.15, 0.2) is 6.61 Å². The number of aliphatic hydroxyl groups excluding tert-OH is 2. The van der Waals surface area contributed by atoms with Gasteiger partial charge in [0.05, 0.1) is 19.3 Å². The summed E-state index contributed by atoms with van der Waals surface area (Å²) in [5.41, 5.74) is 3.00. The number of alkyl halides is 1. The Hall–Kier alpha value is -2.08. The van der Waals surface area contributed by atoms with Gasteiger partial charge in [-0.1, -0.05) is 56.2 Å². The summed E-state index contributed by atoms with van der Waals surface area (Å²) in [6.07, 6.45) is 5.60. The third-order valence-corrected chi connectivity index (χ3v) is 8.55. The molecule has 2 aromatic carbocycles. The lowest BCUT2D eigenvalue weighted by molar-refractivity contribution is -0.142. The summed E-state index contributed by atoms with van der Waals surface area (Å²) in [7, 11) is 1.33. The quantitative estimate of drug-likeness (QED) is 0.330. The molecule has 190 valence electrons. The Bertz CT molecular complexity index is 1000. The maximum Gasteiger partial charge on any atom is 0.343 e. The number of carbonyl (C=O) groups is 1. The largest absolute Gasteiger partial charge is 0.482 e. The van der Waals surface area contributed by atoms with Crippen molar-refractivity contribution in [1.29, 1.82) is 0 Å². The van der Waals surface area contributed by atoms with Crippen molar-refractivity contribution in [2.75, 3.05) is 13.7 Å². The summed E-state index contributed by atoms with van der Waals surface area (Å²) in [6.45, 7) is 2.04. The van der Waals surface area contributed by atoms with Gasteiger partial charge in [-0.15, -0.1) is 11.6 Å². The fourth-order valence-corrected chi connectivity index (χ4v) is 6.53. The molecule has 0 heterocycles. The summed E-state index contributed by atoms with van der Waals surface area (Å²) >= 11 is 6.77. The third kappa shape index (κ3) is 5.68. The smallest absolute Gasteiger partial charge is 0.343 e. The van der Waals surface area contributed by atoms with E-state index in [1.807, 2.05) is 36.4 Å². The van der Waals surface area contributed by atoms with Crippen LogP contribution in [0.2, 0.25) is 0 Å². The molecule has 5 atom stereocenters. The van der Waals surface area contributed by atoms with Gasteiger partial charge in [0.2, 0.25) is 0 Å². The van der Waals surface area contributed by atoms with Gasteiger partial charge in [0.1, 0.15) is 5.75 Å². The molecule has 0 bridgehead atoms. The Morgan fingerprint density at radius 1 is 1.20 bits per heavy atom. The average molecular weight is 501 g/mol. The average Bonchev–Trinajstić information content (AvgIpc) is 3.12. The Labute approximate surface area is 213 Å². The highest BCUT2D eigenvalue weighted by Crippen LogP contribution is 2.54. The summed E-state index contributed by atoms with van der Waals surface area (Å²) in [6, 6.07) is 15.8. The summed E-state index contributed by atoms with van der Waals surface area (Å²) < 4.78 is 10.2. The zero-order chi connectivity index (χ0) is 25.0. The van der Waals surface area contributed by atoms with E-state index < -0.39 is 18.2 Å². The summed E-state index contributed by atoms with van der Waals surface area (Å²) in [5, 5.41) is 22.1. The van der Waals surface area contributed by atoms with Crippen LogP contribution in [0.4, 0.5) is 0 Å². The molecule has 1 unspecified atom stereocenters. The molecule has 0 saturated heterocycles. The van der Waals surface area contributed by atoms with Crippen molar-refractivity contribution in [3.05, 3.63) is 65.2 Å². The Morgan fingerprint density at radius 2 is 1.97 bits per heavy atom. The van der Waals surface area contributed by atoms with Crippen molar-refractivity contribution >= 4 is 17.6 Å². The number of rotatable bonds is 10. The second-order valence-corrected chi connectivity index (χ2v) is 10.8. The molecule has 35 heavy (non-hydrogen) atoms. The van der Waals surface area contributed by atoms with E-state index in [-0.39, 0.29) is 29.2 Å². The lowest BCUT2D eigenvalue weighted by atomic mass is 9.61. The van der Waals surface area contributed by atoms with E-state index in [0.29, 0.717) is 18.6 Å². The summed E-state index contributed by atoms with van der Waals surface area (Å²) in [5.74, 6) is 0.0804. The molecule has 0 radical (unpaired) electrons. The zero-order valence-electron chi connectivity index (χ0n) is 20.7. The molecule has 2 N–H and O–H groups in total. The van der Waals surface area contributed by atoms with Crippen LogP contribution in [-0.4, -0.2) is 41.4 Å². The number of ether oxygens (including phenoxy) is 2. The third-order valence-electron chi connectivity index (χ3n) is 8.05. The maximum atomic E-state index is 11.4. The molecule has 0 aliphatic heterocycles. The first-order valence-corrected chi connectivity index (χ1v) is 13.2. The second kappa shape index (κ2) is 11.3. The normalized spacial score (nSPS) is 26.1. The minimum absolute atomic E-state index is 0.0132. The molecule has 0 amide bonds. The SMILES string of the molecule is CCCC1(C(O)c2cccc([C@@H]3[C@@H](Cc4cccc(OCC(=O)OC)c4)[C@@H](Cl)C[C@H]3O)c2)CCC1. The van der Waals surface area contributed by atoms with Crippen molar-refractivity contribution in [2.24, 2.45) is 11.3 Å². The van der Waals surface area contributed by atoms with Gasteiger partial charge in [-0.05, 0) is 66.8 Å². The second-order valence-electron chi connectivity index (χ2n) is 10.3. The highest BCUT2D eigenvalue weighted by Gasteiger charge is 2.45. The van der Waals surface area contributed by atoms with Crippen molar-refractivity contribution < 1.29 is 24.5 Å². The first kappa shape index (κ1) is 26.0. The zero-order valence-corrected chi connectivity index (χ0v) is 21.4. The molecule has 2 saturated carbocycles. The Kier molecular flexibility index (Phi) is 8.41. The number of methoxy groups -OCH3 is 1. The van der Waals surface area contributed by atoms with Crippen LogP contribution in [0.3, 0.4) is 0 Å². The number of aliphatic hydroxyl groups is 2. The van der Waals surface area contributed by atoms with E-state index >= 15 is 0 Å². The Balaban J connectivity index is 1.54. The molecular weight excluding hydrogens is 464 g/mol. The number of carbonyl (C=O) groups excluding carboxylic acids is 1. The van der Waals surface area contributed by atoms with Gasteiger partial charge in [0, 0.05) is 16.7 Å². The minimum atomic E-state index is -0.540. The van der Waals surface area contributed by atoms with Gasteiger partial charge < -0.3 is 19.7 Å². The minimum Gasteiger partial charge on any atom is -0.482 e. The standard InChI is InChI=1S/C29H37ClO5/c1-3-11-29(12-6-13-29)28(33)21-9-5-8-20(16-21)27-23(24(30)17-25(27)31)15-19-7-4-10-22(14-19)35-18-26(32)34-2/h4-5,7-10,14,16,23-25,27-28,31,33H,3,6,11-13,15,17-18H2,1-2H3/t23-,24-,25+,27+,28?/m0/s1. The first-order valence-electron chi connectivity index (χ1n) is 12.8. The topological polar surface area (TPSA) is 76.0 Å². The van der Waals surface area contributed by atoms with Crippen LogP contribution in [0.1, 0.15) is 74.2 Å². The molecular formula is C29H37ClO5. The lowest BCUT2D eigenvalue weighted by Crippen LogP contribution is -2.36. The molecule has 4 rings (SSSR count). The fourth-order valence-electron chi connectivity index (χ4n) is 6.10. The van der Waals surface area contributed by atoms with Crippen LogP contribution in [0.5, 0.6) is 5.75 Å². The highest BCUT2D eigenvalue weighted by atomic mass is 35.5. The van der Waals surface area contributed by atoms with Gasteiger partial charge in [0.25, 0.3) is 0 Å². The van der Waals surface area contributed by atoms with Crippen LogP contribution >= 0.6 is 11.6 Å². The fraction of sp³-hybridized carbons (Fsp3) is 0.552. The van der Waals surface area contributed by atoms with E-state index in [2.05, 4.69) is 23.8 Å². The predicted octanol–water partition coefficient (Wildman–Crippen LogP) is 5.56. The van der Waals surface area contributed by atoms with Crippen molar-refractivity contribution in [2.45, 2.75) is 75.4 Å². The van der Waals surface area contributed by atoms with Gasteiger partial charge >= 0.3 is 5.97 Å². The van der Waals surface area contributed by atoms with Gasteiger partial charge in [-0.3, -0.25) is 0 Å². The highest BCUT2D eigenvalue weighted by molar-refractivity contribution is 6.21. The monoisotopic (exact) mass is 500 g/mol. The van der Waals surface area contributed by atoms with Crippen LogP contribution in [-0.2, 0) is 16.0 Å². The molecule has 2 aliphatic carbocycles. The molecule has 0 spiro atoms. The maximum absolute atomic E-state index is 11.4. The van der Waals surface area contributed by atoms with Crippen LogP contribution in [0.15, 0.2) is 48.5 Å².